The number of pyridine rings is 1. The van der Waals surface area contributed by atoms with Gasteiger partial charge in [0, 0.05) is 18.3 Å². The molecule has 0 fully saturated rings. The predicted octanol–water partition coefficient (Wildman–Crippen LogP) is 4.71. The summed E-state index contributed by atoms with van der Waals surface area (Å²) in [5.41, 5.74) is 2.98. The van der Waals surface area contributed by atoms with E-state index < -0.39 is 12.2 Å². The van der Waals surface area contributed by atoms with Crippen molar-refractivity contribution in [3.8, 4) is 17.3 Å². The SMILES string of the molecule is COc1nc(N[C@H](C)C(F)(F)F)c2c(-c3ccc4nc(C)n(CC(C)C)c4n3)c[nH]c2n1. The highest BCUT2D eigenvalue weighted by molar-refractivity contribution is 6.01. The standard InChI is InChI=1S/C21H24F3N7O/c1-10(2)9-31-12(4)27-15-7-6-14(28-19(15)31)13-8-25-17-16(13)18(30-20(29-17)32-5)26-11(3)21(22,23)24/h6-8,10-11H,9H2,1-5H3,(H2,25,26,29,30)/t11-/m1/s1. The number of alkyl halides is 3. The van der Waals surface area contributed by atoms with Gasteiger partial charge in [-0.1, -0.05) is 13.8 Å². The molecule has 0 saturated carbocycles. The molecule has 2 N–H and O–H groups in total. The molecule has 0 radical (unpaired) electrons. The quantitative estimate of drug-likeness (QED) is 0.445. The van der Waals surface area contributed by atoms with E-state index in [9.17, 15) is 13.2 Å². The Morgan fingerprint density at radius 1 is 1.12 bits per heavy atom. The molecule has 0 bridgehead atoms. The second-order valence-electron chi connectivity index (χ2n) is 8.10. The van der Waals surface area contributed by atoms with Gasteiger partial charge in [-0.15, -0.1) is 0 Å². The van der Waals surface area contributed by atoms with Crippen LogP contribution >= 0.6 is 0 Å². The van der Waals surface area contributed by atoms with Crippen LogP contribution in [0.1, 0.15) is 26.6 Å². The van der Waals surface area contributed by atoms with Crippen molar-refractivity contribution in [3.63, 3.8) is 0 Å². The first-order valence-corrected chi connectivity index (χ1v) is 10.2. The van der Waals surface area contributed by atoms with Gasteiger partial charge in [0.05, 0.1) is 18.2 Å². The summed E-state index contributed by atoms with van der Waals surface area (Å²) < 4.78 is 46.8. The molecule has 32 heavy (non-hydrogen) atoms. The molecular weight excluding hydrogens is 423 g/mol. The number of hydrogen-bond donors (Lipinski definition) is 2. The van der Waals surface area contributed by atoms with Crippen LogP contribution in [0.15, 0.2) is 18.3 Å². The van der Waals surface area contributed by atoms with E-state index in [4.69, 9.17) is 9.72 Å². The number of hydrogen-bond acceptors (Lipinski definition) is 6. The number of anilines is 1. The fourth-order valence-corrected chi connectivity index (χ4v) is 3.55. The average molecular weight is 447 g/mol. The van der Waals surface area contributed by atoms with E-state index in [2.05, 4.69) is 39.1 Å². The van der Waals surface area contributed by atoms with Gasteiger partial charge in [-0.05, 0) is 31.9 Å². The van der Waals surface area contributed by atoms with Crippen molar-refractivity contribution < 1.29 is 17.9 Å². The van der Waals surface area contributed by atoms with Crippen LogP contribution in [0.5, 0.6) is 6.01 Å². The van der Waals surface area contributed by atoms with Crippen LogP contribution in [0.3, 0.4) is 0 Å². The number of ether oxygens (including phenoxy) is 1. The molecule has 4 rings (SSSR count). The number of aromatic nitrogens is 6. The third kappa shape index (κ3) is 3.94. The Morgan fingerprint density at radius 2 is 1.88 bits per heavy atom. The lowest BCUT2D eigenvalue weighted by molar-refractivity contribution is -0.138. The van der Waals surface area contributed by atoms with Crippen molar-refractivity contribution in [2.75, 3.05) is 12.4 Å². The molecule has 0 spiro atoms. The summed E-state index contributed by atoms with van der Waals surface area (Å²) in [6.07, 6.45) is -2.79. The fourth-order valence-electron chi connectivity index (χ4n) is 3.55. The van der Waals surface area contributed by atoms with Crippen LogP contribution in [0.25, 0.3) is 33.5 Å². The number of fused-ring (bicyclic) bond motifs is 2. The molecule has 0 aliphatic carbocycles. The monoisotopic (exact) mass is 447 g/mol. The van der Waals surface area contributed by atoms with E-state index in [0.29, 0.717) is 28.2 Å². The van der Waals surface area contributed by atoms with E-state index in [0.717, 1.165) is 30.5 Å². The lowest BCUT2D eigenvalue weighted by Gasteiger charge is -2.18. The molecule has 0 saturated heterocycles. The number of halogens is 3. The maximum Gasteiger partial charge on any atom is 0.408 e. The molecule has 4 aromatic rings. The first-order chi connectivity index (χ1) is 15.1. The molecule has 0 aliphatic heterocycles. The molecule has 0 aromatic carbocycles. The van der Waals surface area contributed by atoms with Crippen molar-refractivity contribution in [3.05, 3.63) is 24.2 Å². The zero-order chi connectivity index (χ0) is 23.2. The molecule has 4 heterocycles. The fraction of sp³-hybridized carbons (Fsp3) is 0.429. The summed E-state index contributed by atoms with van der Waals surface area (Å²) in [5, 5.41) is 2.86. The Balaban J connectivity index is 1.88. The number of rotatable bonds is 6. The van der Waals surface area contributed by atoms with Crippen LogP contribution in [0.2, 0.25) is 0 Å². The lowest BCUT2D eigenvalue weighted by Crippen LogP contribution is -2.33. The minimum Gasteiger partial charge on any atom is -0.467 e. The van der Waals surface area contributed by atoms with Gasteiger partial charge >= 0.3 is 12.2 Å². The highest BCUT2D eigenvalue weighted by Crippen LogP contribution is 2.35. The Bertz CT molecular complexity index is 1280. The first kappa shape index (κ1) is 21.8. The summed E-state index contributed by atoms with van der Waals surface area (Å²) in [6.45, 7) is 7.93. The molecule has 4 aromatic heterocycles. The number of methoxy groups -OCH3 is 1. The summed E-state index contributed by atoms with van der Waals surface area (Å²) >= 11 is 0. The van der Waals surface area contributed by atoms with Crippen LogP contribution in [0, 0.1) is 12.8 Å². The predicted molar refractivity (Wildman–Crippen MR) is 116 cm³/mol. The van der Waals surface area contributed by atoms with Gasteiger partial charge in [0.2, 0.25) is 0 Å². The van der Waals surface area contributed by atoms with Crippen molar-refractivity contribution in [1.29, 1.82) is 0 Å². The van der Waals surface area contributed by atoms with Gasteiger partial charge in [0.15, 0.2) is 5.65 Å². The molecular formula is C21H24F3N7O. The second kappa shape index (κ2) is 7.95. The van der Waals surface area contributed by atoms with Gasteiger partial charge < -0.3 is 19.6 Å². The maximum absolute atomic E-state index is 13.2. The summed E-state index contributed by atoms with van der Waals surface area (Å²) in [5.74, 6) is 1.26. The number of aromatic amines is 1. The second-order valence-corrected chi connectivity index (χ2v) is 8.10. The molecule has 1 atom stereocenters. The lowest BCUT2D eigenvalue weighted by atomic mass is 10.1. The highest BCUT2D eigenvalue weighted by Gasteiger charge is 2.37. The minimum atomic E-state index is -4.45. The topological polar surface area (TPSA) is 93.5 Å². The van der Waals surface area contributed by atoms with Crippen molar-refractivity contribution in [2.24, 2.45) is 5.92 Å². The van der Waals surface area contributed by atoms with Crippen LogP contribution in [-0.2, 0) is 6.54 Å². The van der Waals surface area contributed by atoms with Gasteiger partial charge in [-0.25, -0.2) is 9.97 Å². The smallest absolute Gasteiger partial charge is 0.408 e. The van der Waals surface area contributed by atoms with Gasteiger partial charge in [0.25, 0.3) is 0 Å². The van der Waals surface area contributed by atoms with E-state index >= 15 is 0 Å². The zero-order valence-electron chi connectivity index (χ0n) is 18.4. The summed E-state index contributed by atoms with van der Waals surface area (Å²) in [7, 11) is 1.36. The van der Waals surface area contributed by atoms with Gasteiger partial charge in [0.1, 0.15) is 28.8 Å². The van der Waals surface area contributed by atoms with E-state index in [1.807, 2.05) is 17.6 Å². The van der Waals surface area contributed by atoms with Gasteiger partial charge in [-0.3, -0.25) is 0 Å². The number of aryl methyl sites for hydroxylation is 1. The molecule has 0 unspecified atom stereocenters. The maximum atomic E-state index is 13.2. The van der Waals surface area contributed by atoms with Gasteiger partial charge in [-0.2, -0.15) is 23.1 Å². The number of imidazole rings is 1. The Morgan fingerprint density at radius 3 is 2.53 bits per heavy atom. The van der Waals surface area contributed by atoms with Crippen molar-refractivity contribution in [1.82, 2.24) is 29.5 Å². The minimum absolute atomic E-state index is 0.0155. The molecule has 8 nitrogen and oxygen atoms in total. The van der Waals surface area contributed by atoms with Crippen LogP contribution < -0.4 is 10.1 Å². The summed E-state index contributed by atoms with van der Waals surface area (Å²) in [4.78, 5) is 20.8. The molecule has 0 aliphatic rings. The van der Waals surface area contributed by atoms with Crippen LogP contribution in [-0.4, -0.2) is 48.8 Å². The Hall–Kier alpha value is -3.37. The van der Waals surface area contributed by atoms with E-state index in [1.54, 1.807) is 12.3 Å². The normalized spacial score (nSPS) is 13.3. The van der Waals surface area contributed by atoms with E-state index in [-0.39, 0.29) is 11.8 Å². The number of nitrogens with zero attached hydrogens (tertiary/aromatic N) is 5. The molecule has 170 valence electrons. The molecule has 0 amide bonds. The Kier molecular flexibility index (Phi) is 5.43. The first-order valence-electron chi connectivity index (χ1n) is 10.2. The average Bonchev–Trinajstić information content (AvgIpc) is 3.28. The summed E-state index contributed by atoms with van der Waals surface area (Å²) in [6, 6.07) is 1.78. The van der Waals surface area contributed by atoms with Crippen molar-refractivity contribution >= 4 is 28.0 Å². The Labute approximate surface area is 182 Å². The van der Waals surface area contributed by atoms with E-state index in [1.165, 1.54) is 7.11 Å². The third-order valence-corrected chi connectivity index (χ3v) is 5.14. The van der Waals surface area contributed by atoms with Crippen molar-refractivity contribution in [2.45, 2.75) is 46.5 Å². The third-order valence-electron chi connectivity index (χ3n) is 5.14. The zero-order valence-corrected chi connectivity index (χ0v) is 18.4. The van der Waals surface area contributed by atoms with Crippen LogP contribution in [0.4, 0.5) is 19.0 Å². The molecule has 11 heteroatoms. The number of H-pyrrole nitrogens is 1. The highest BCUT2D eigenvalue weighted by atomic mass is 19.4. The number of nitrogens with one attached hydrogen (secondary N) is 2. The largest absolute Gasteiger partial charge is 0.467 e.